The average Bonchev–Trinajstić information content (AvgIpc) is 2.95. The number of nitrogens with zero attached hydrogens (tertiary/aromatic N) is 4. The molecule has 2 N–H and O–H groups in total. The average molecular weight is 351 g/mol. The summed E-state index contributed by atoms with van der Waals surface area (Å²) >= 11 is 0. The highest BCUT2D eigenvalue weighted by molar-refractivity contribution is 5.59. The number of hydrogen-bond acceptors (Lipinski definition) is 6. The van der Waals surface area contributed by atoms with Crippen molar-refractivity contribution in [3.05, 3.63) is 47.8 Å². The van der Waals surface area contributed by atoms with Crippen molar-refractivity contribution in [1.29, 1.82) is 0 Å². The van der Waals surface area contributed by atoms with Gasteiger partial charge in [0.1, 0.15) is 23.4 Å². The van der Waals surface area contributed by atoms with Crippen LogP contribution in [0.4, 0.5) is 5.82 Å². The predicted octanol–water partition coefficient (Wildman–Crippen LogP) is 1.39. The van der Waals surface area contributed by atoms with E-state index < -0.39 is 0 Å². The van der Waals surface area contributed by atoms with Crippen LogP contribution in [0.5, 0.6) is 11.5 Å². The Bertz CT molecular complexity index is 931. The molecule has 1 saturated heterocycles. The fourth-order valence-corrected chi connectivity index (χ4v) is 3.74. The van der Waals surface area contributed by atoms with Gasteiger partial charge in [-0.05, 0) is 37.2 Å². The molecule has 5 rings (SSSR count). The van der Waals surface area contributed by atoms with Crippen LogP contribution in [0.25, 0.3) is 5.65 Å². The van der Waals surface area contributed by atoms with Gasteiger partial charge in [-0.25, -0.2) is 4.98 Å². The molecule has 2 aliphatic rings. The van der Waals surface area contributed by atoms with Crippen LogP contribution in [0.1, 0.15) is 11.3 Å². The molecule has 0 bridgehead atoms. The van der Waals surface area contributed by atoms with Crippen LogP contribution in [0.2, 0.25) is 0 Å². The molecule has 134 valence electrons. The molecule has 2 aliphatic heterocycles. The van der Waals surface area contributed by atoms with Gasteiger partial charge in [0.2, 0.25) is 0 Å². The number of hydrogen-bond donors (Lipinski definition) is 2. The van der Waals surface area contributed by atoms with Gasteiger partial charge in [0.25, 0.3) is 0 Å². The third kappa shape index (κ3) is 2.64. The fourth-order valence-electron chi connectivity index (χ4n) is 3.74. The number of ether oxygens (including phenoxy) is 1. The standard InChI is InChI=1S/C19H21N5O2/c25-13-1-3-14(4-2-13)26-15-11-23(12-15)19-16-5-8-20-9-6-17(16)22-18-7-10-21-24(18)19/h1-4,7,10,15,20,25H,5-6,8-9,11-12H2. The molecule has 4 heterocycles. The third-order valence-corrected chi connectivity index (χ3v) is 5.07. The van der Waals surface area contributed by atoms with Crippen molar-refractivity contribution in [3.8, 4) is 11.5 Å². The lowest BCUT2D eigenvalue weighted by atomic mass is 10.1. The van der Waals surface area contributed by atoms with Gasteiger partial charge in [-0.15, -0.1) is 0 Å². The van der Waals surface area contributed by atoms with E-state index in [1.165, 1.54) is 11.3 Å². The molecule has 0 saturated carbocycles. The highest BCUT2D eigenvalue weighted by atomic mass is 16.5. The Balaban J connectivity index is 1.40. The number of nitrogens with one attached hydrogen (secondary N) is 1. The number of benzene rings is 1. The maximum Gasteiger partial charge on any atom is 0.157 e. The first kappa shape index (κ1) is 15.5. The molecule has 7 heteroatoms. The van der Waals surface area contributed by atoms with Crippen molar-refractivity contribution in [3.63, 3.8) is 0 Å². The summed E-state index contributed by atoms with van der Waals surface area (Å²) in [5, 5.41) is 17.3. The number of aromatic nitrogens is 3. The minimum absolute atomic E-state index is 0.137. The fraction of sp³-hybridized carbons (Fsp3) is 0.368. The van der Waals surface area contributed by atoms with Crippen molar-refractivity contribution in [2.75, 3.05) is 31.1 Å². The molecule has 1 aromatic carbocycles. The maximum atomic E-state index is 9.38. The number of anilines is 1. The molecule has 0 atom stereocenters. The van der Waals surface area contributed by atoms with E-state index in [4.69, 9.17) is 9.72 Å². The number of phenols is 1. The van der Waals surface area contributed by atoms with Crippen LogP contribution >= 0.6 is 0 Å². The smallest absolute Gasteiger partial charge is 0.157 e. The second-order valence-corrected chi connectivity index (χ2v) is 6.85. The second-order valence-electron chi connectivity index (χ2n) is 6.85. The highest BCUT2D eigenvalue weighted by Crippen LogP contribution is 2.31. The molecule has 7 nitrogen and oxygen atoms in total. The molecule has 0 unspecified atom stereocenters. The topological polar surface area (TPSA) is 74.9 Å². The van der Waals surface area contributed by atoms with Gasteiger partial charge in [-0.2, -0.15) is 9.61 Å². The van der Waals surface area contributed by atoms with Crippen molar-refractivity contribution >= 4 is 11.5 Å². The molecule has 0 amide bonds. The Morgan fingerprint density at radius 1 is 1.08 bits per heavy atom. The summed E-state index contributed by atoms with van der Waals surface area (Å²) in [5.41, 5.74) is 3.39. The quantitative estimate of drug-likeness (QED) is 0.743. The predicted molar refractivity (Wildman–Crippen MR) is 98.0 cm³/mol. The van der Waals surface area contributed by atoms with E-state index in [-0.39, 0.29) is 11.9 Å². The van der Waals surface area contributed by atoms with Gasteiger partial charge in [0.05, 0.1) is 25.0 Å². The molecule has 0 radical (unpaired) electrons. The zero-order chi connectivity index (χ0) is 17.5. The lowest BCUT2D eigenvalue weighted by molar-refractivity contribution is 0.166. The molecule has 1 fully saturated rings. The SMILES string of the molecule is Oc1ccc(OC2CN(c3c4c(nc5ccnn35)CCNCC4)C2)cc1. The zero-order valence-corrected chi connectivity index (χ0v) is 14.4. The molecular weight excluding hydrogens is 330 g/mol. The number of phenolic OH excluding ortho intramolecular Hbond substituents is 1. The van der Waals surface area contributed by atoms with Crippen LogP contribution in [-0.2, 0) is 12.8 Å². The number of aromatic hydroxyl groups is 1. The van der Waals surface area contributed by atoms with Gasteiger partial charge in [-0.3, -0.25) is 0 Å². The summed E-state index contributed by atoms with van der Waals surface area (Å²) in [4.78, 5) is 7.14. The van der Waals surface area contributed by atoms with E-state index in [0.717, 1.165) is 56.2 Å². The minimum atomic E-state index is 0.137. The van der Waals surface area contributed by atoms with E-state index in [1.807, 2.05) is 16.8 Å². The Labute approximate surface area is 151 Å². The van der Waals surface area contributed by atoms with Gasteiger partial charge in [0, 0.05) is 24.6 Å². The van der Waals surface area contributed by atoms with Crippen molar-refractivity contribution in [1.82, 2.24) is 19.9 Å². The summed E-state index contributed by atoms with van der Waals surface area (Å²) in [6.45, 7) is 3.57. The minimum Gasteiger partial charge on any atom is -0.508 e. The first-order valence-electron chi connectivity index (χ1n) is 9.05. The largest absolute Gasteiger partial charge is 0.508 e. The van der Waals surface area contributed by atoms with Crippen molar-refractivity contribution < 1.29 is 9.84 Å². The van der Waals surface area contributed by atoms with Gasteiger partial charge in [0.15, 0.2) is 5.65 Å². The Hall–Kier alpha value is -2.80. The number of rotatable bonds is 3. The van der Waals surface area contributed by atoms with Crippen LogP contribution in [0.15, 0.2) is 36.5 Å². The molecule has 0 spiro atoms. The van der Waals surface area contributed by atoms with Crippen LogP contribution in [0, 0.1) is 0 Å². The normalized spacial score (nSPS) is 17.6. The van der Waals surface area contributed by atoms with Crippen LogP contribution < -0.4 is 15.0 Å². The van der Waals surface area contributed by atoms with Crippen molar-refractivity contribution in [2.24, 2.45) is 0 Å². The third-order valence-electron chi connectivity index (χ3n) is 5.07. The van der Waals surface area contributed by atoms with E-state index in [2.05, 4.69) is 15.3 Å². The first-order chi connectivity index (χ1) is 12.8. The summed E-state index contributed by atoms with van der Waals surface area (Å²) in [5.74, 6) is 2.19. The highest BCUT2D eigenvalue weighted by Gasteiger charge is 2.33. The summed E-state index contributed by atoms with van der Waals surface area (Å²) in [6, 6.07) is 8.86. The lowest BCUT2D eigenvalue weighted by Crippen LogP contribution is -2.55. The zero-order valence-electron chi connectivity index (χ0n) is 14.4. The lowest BCUT2D eigenvalue weighted by Gasteiger charge is -2.41. The monoisotopic (exact) mass is 351 g/mol. The summed E-state index contributed by atoms with van der Waals surface area (Å²) < 4.78 is 7.97. The van der Waals surface area contributed by atoms with Crippen molar-refractivity contribution in [2.45, 2.75) is 18.9 Å². The Morgan fingerprint density at radius 3 is 2.73 bits per heavy atom. The molecule has 3 aromatic rings. The van der Waals surface area contributed by atoms with E-state index in [1.54, 1.807) is 24.3 Å². The second kappa shape index (κ2) is 6.17. The molecular formula is C19H21N5O2. The molecule has 26 heavy (non-hydrogen) atoms. The Kier molecular flexibility index (Phi) is 3.67. The van der Waals surface area contributed by atoms with Gasteiger partial charge >= 0.3 is 0 Å². The Morgan fingerprint density at radius 2 is 1.88 bits per heavy atom. The van der Waals surface area contributed by atoms with Crippen LogP contribution in [-0.4, -0.2) is 52.0 Å². The number of fused-ring (bicyclic) bond motifs is 2. The van der Waals surface area contributed by atoms with Crippen LogP contribution in [0.3, 0.4) is 0 Å². The molecule has 0 aliphatic carbocycles. The van der Waals surface area contributed by atoms with Gasteiger partial charge in [-0.1, -0.05) is 0 Å². The maximum absolute atomic E-state index is 9.38. The van der Waals surface area contributed by atoms with E-state index in [9.17, 15) is 5.11 Å². The summed E-state index contributed by atoms with van der Waals surface area (Å²) in [7, 11) is 0. The molecule has 2 aromatic heterocycles. The van der Waals surface area contributed by atoms with E-state index >= 15 is 0 Å². The first-order valence-corrected chi connectivity index (χ1v) is 9.05. The van der Waals surface area contributed by atoms with Gasteiger partial charge < -0.3 is 20.1 Å². The van der Waals surface area contributed by atoms with E-state index in [0.29, 0.717) is 0 Å². The summed E-state index contributed by atoms with van der Waals surface area (Å²) in [6.07, 6.45) is 3.87.